The zero-order chi connectivity index (χ0) is 15.0. The van der Waals surface area contributed by atoms with Crippen LogP contribution in [-0.2, 0) is 0 Å². The normalized spacial score (nSPS) is 28.1. The lowest BCUT2D eigenvalue weighted by molar-refractivity contribution is 0.435. The molecule has 0 heterocycles. The summed E-state index contributed by atoms with van der Waals surface area (Å²) in [6.45, 7) is 11.4. The van der Waals surface area contributed by atoms with Gasteiger partial charge in [0.15, 0.2) is 0 Å². The van der Waals surface area contributed by atoms with Crippen LogP contribution in [0.4, 0.5) is 0 Å². The maximum atomic E-state index is 2.44. The van der Waals surface area contributed by atoms with Crippen LogP contribution in [0.2, 0.25) is 0 Å². The number of allylic oxidation sites excluding steroid dienone is 8. The predicted molar refractivity (Wildman–Crippen MR) is 91.8 cm³/mol. The fourth-order valence-electron chi connectivity index (χ4n) is 2.59. The molecule has 112 valence electrons. The Kier molecular flexibility index (Phi) is 7.65. The van der Waals surface area contributed by atoms with E-state index in [0.29, 0.717) is 5.92 Å². The van der Waals surface area contributed by atoms with Crippen molar-refractivity contribution in [2.24, 2.45) is 11.8 Å². The van der Waals surface area contributed by atoms with Gasteiger partial charge >= 0.3 is 0 Å². The zero-order valence-corrected chi connectivity index (χ0v) is 14.1. The third kappa shape index (κ3) is 6.93. The first kappa shape index (κ1) is 17.0. The lowest BCUT2D eigenvalue weighted by atomic mass is 9.88. The van der Waals surface area contributed by atoms with E-state index in [0.717, 1.165) is 12.3 Å². The molecule has 20 heavy (non-hydrogen) atoms. The maximum absolute atomic E-state index is 2.44. The molecule has 0 fully saturated rings. The molecule has 1 atom stereocenters. The van der Waals surface area contributed by atoms with E-state index in [9.17, 15) is 0 Å². The molecule has 0 spiro atoms. The average Bonchev–Trinajstić information content (AvgIpc) is 2.37. The van der Waals surface area contributed by atoms with Gasteiger partial charge in [0, 0.05) is 0 Å². The van der Waals surface area contributed by atoms with Crippen LogP contribution in [-0.4, -0.2) is 0 Å². The van der Waals surface area contributed by atoms with Crippen molar-refractivity contribution in [3.8, 4) is 0 Å². The largest absolute Gasteiger partial charge is 0.0853 e. The van der Waals surface area contributed by atoms with Gasteiger partial charge in [-0.1, -0.05) is 60.9 Å². The van der Waals surface area contributed by atoms with Crippen LogP contribution in [0.1, 0.15) is 66.7 Å². The van der Waals surface area contributed by atoms with Gasteiger partial charge < -0.3 is 0 Å². The standard InChI is InChI=1S/C20H32/c1-16(2)20-14-12-18(4)10-6-8-17(3)9-7-11-19(5)13-15-20/h8,10-12,14,16,20H,6-7,9,13,15H2,1-5H3/b14-12?,17-8+,18-10?,19-11+/t20-/m0/s1. The van der Waals surface area contributed by atoms with Gasteiger partial charge in [0.1, 0.15) is 0 Å². The molecule has 1 aliphatic carbocycles. The molecule has 0 aromatic heterocycles. The summed E-state index contributed by atoms with van der Waals surface area (Å²) in [5, 5.41) is 0. The highest BCUT2D eigenvalue weighted by Crippen LogP contribution is 2.23. The smallest absolute Gasteiger partial charge is 0.0161 e. The summed E-state index contributed by atoms with van der Waals surface area (Å²) in [6, 6.07) is 0. The van der Waals surface area contributed by atoms with Crippen LogP contribution in [0.15, 0.2) is 47.1 Å². The average molecular weight is 272 g/mol. The van der Waals surface area contributed by atoms with E-state index < -0.39 is 0 Å². The van der Waals surface area contributed by atoms with Crippen LogP contribution >= 0.6 is 0 Å². The van der Waals surface area contributed by atoms with Crippen LogP contribution in [0.25, 0.3) is 0 Å². The first-order chi connectivity index (χ1) is 9.49. The molecule has 1 rings (SSSR count). The van der Waals surface area contributed by atoms with Gasteiger partial charge in [-0.3, -0.25) is 0 Å². The fraction of sp³-hybridized carbons (Fsp3) is 0.600. The van der Waals surface area contributed by atoms with Crippen LogP contribution in [0, 0.1) is 11.8 Å². The van der Waals surface area contributed by atoms with E-state index in [1.54, 1.807) is 5.57 Å². The molecule has 0 aliphatic heterocycles. The minimum atomic E-state index is 0.696. The summed E-state index contributed by atoms with van der Waals surface area (Å²) in [6.07, 6.45) is 17.9. The van der Waals surface area contributed by atoms with Crippen LogP contribution in [0.3, 0.4) is 0 Å². The van der Waals surface area contributed by atoms with Crippen molar-refractivity contribution >= 4 is 0 Å². The molecule has 0 aromatic carbocycles. The molecular weight excluding hydrogens is 240 g/mol. The van der Waals surface area contributed by atoms with Crippen molar-refractivity contribution in [2.45, 2.75) is 66.7 Å². The molecular formula is C20H32. The second-order valence-electron chi connectivity index (χ2n) is 6.63. The maximum Gasteiger partial charge on any atom is -0.0161 e. The topological polar surface area (TPSA) is 0 Å². The third-order valence-electron chi connectivity index (χ3n) is 4.27. The van der Waals surface area contributed by atoms with E-state index in [1.807, 2.05) is 0 Å². The first-order valence-electron chi connectivity index (χ1n) is 8.15. The Labute approximate surface area is 126 Å². The Morgan fingerprint density at radius 3 is 2.35 bits per heavy atom. The number of rotatable bonds is 1. The van der Waals surface area contributed by atoms with Gasteiger partial charge in [0.25, 0.3) is 0 Å². The molecule has 1 aliphatic rings. The SMILES string of the molecule is CC1=CC/C=C(\C)CC/C=C(\C)CC[C@@H](C(C)C)C=C1. The second-order valence-corrected chi connectivity index (χ2v) is 6.63. The summed E-state index contributed by atoms with van der Waals surface area (Å²) < 4.78 is 0. The molecule has 0 N–H and O–H groups in total. The van der Waals surface area contributed by atoms with Crippen molar-refractivity contribution in [1.82, 2.24) is 0 Å². The van der Waals surface area contributed by atoms with E-state index in [1.165, 1.54) is 36.8 Å². The monoisotopic (exact) mass is 272 g/mol. The van der Waals surface area contributed by atoms with Crippen molar-refractivity contribution in [2.75, 3.05) is 0 Å². The van der Waals surface area contributed by atoms with Gasteiger partial charge in [-0.05, 0) is 64.7 Å². The summed E-state index contributed by atoms with van der Waals surface area (Å²) in [5.74, 6) is 1.42. The fourth-order valence-corrected chi connectivity index (χ4v) is 2.59. The lowest BCUT2D eigenvalue weighted by Gasteiger charge is -2.17. The van der Waals surface area contributed by atoms with Crippen molar-refractivity contribution < 1.29 is 0 Å². The number of hydrogen-bond acceptors (Lipinski definition) is 0. The highest BCUT2D eigenvalue weighted by atomic mass is 14.1. The Morgan fingerprint density at radius 1 is 0.950 bits per heavy atom. The summed E-state index contributed by atoms with van der Waals surface area (Å²) in [4.78, 5) is 0. The van der Waals surface area contributed by atoms with E-state index in [2.05, 4.69) is 65.0 Å². The highest BCUT2D eigenvalue weighted by Gasteiger charge is 2.09. The molecule has 0 bridgehead atoms. The lowest BCUT2D eigenvalue weighted by Crippen LogP contribution is -2.05. The van der Waals surface area contributed by atoms with Gasteiger partial charge in [-0.15, -0.1) is 0 Å². The Morgan fingerprint density at radius 2 is 1.65 bits per heavy atom. The second kappa shape index (κ2) is 9.00. The van der Waals surface area contributed by atoms with Crippen LogP contribution < -0.4 is 0 Å². The Hall–Kier alpha value is -1.04. The Balaban J connectivity index is 2.85. The van der Waals surface area contributed by atoms with E-state index in [-0.39, 0.29) is 0 Å². The minimum absolute atomic E-state index is 0.696. The van der Waals surface area contributed by atoms with Crippen LogP contribution in [0.5, 0.6) is 0 Å². The molecule has 0 nitrogen and oxygen atoms in total. The molecule has 0 heteroatoms. The van der Waals surface area contributed by atoms with E-state index >= 15 is 0 Å². The van der Waals surface area contributed by atoms with Gasteiger partial charge in [-0.2, -0.15) is 0 Å². The Bertz CT molecular complexity index is 402. The molecule has 0 unspecified atom stereocenters. The van der Waals surface area contributed by atoms with Gasteiger partial charge in [-0.25, -0.2) is 0 Å². The minimum Gasteiger partial charge on any atom is -0.0853 e. The highest BCUT2D eigenvalue weighted by molar-refractivity contribution is 5.19. The van der Waals surface area contributed by atoms with Crippen molar-refractivity contribution in [1.29, 1.82) is 0 Å². The number of hydrogen-bond donors (Lipinski definition) is 0. The quantitative estimate of drug-likeness (QED) is 0.471. The summed E-state index contributed by atoms with van der Waals surface area (Å²) >= 11 is 0. The summed E-state index contributed by atoms with van der Waals surface area (Å²) in [7, 11) is 0. The third-order valence-corrected chi connectivity index (χ3v) is 4.27. The molecule has 0 amide bonds. The molecule has 0 saturated heterocycles. The molecule has 0 aromatic rings. The first-order valence-corrected chi connectivity index (χ1v) is 8.15. The van der Waals surface area contributed by atoms with Gasteiger partial charge in [0.05, 0.1) is 0 Å². The predicted octanol–water partition coefficient (Wildman–Crippen LogP) is 6.62. The van der Waals surface area contributed by atoms with Gasteiger partial charge in [0.2, 0.25) is 0 Å². The van der Waals surface area contributed by atoms with Crippen molar-refractivity contribution in [3.63, 3.8) is 0 Å². The van der Waals surface area contributed by atoms with Crippen molar-refractivity contribution in [3.05, 3.63) is 47.1 Å². The molecule has 0 saturated carbocycles. The van der Waals surface area contributed by atoms with E-state index in [4.69, 9.17) is 0 Å². The summed E-state index contributed by atoms with van der Waals surface area (Å²) in [5.41, 5.74) is 4.46. The zero-order valence-electron chi connectivity index (χ0n) is 14.1. The molecule has 0 radical (unpaired) electrons.